The summed E-state index contributed by atoms with van der Waals surface area (Å²) in [6.07, 6.45) is 61.9. The molecule has 8 heteroatoms. The fourth-order valence-corrected chi connectivity index (χ4v) is 15.4. The Morgan fingerprint density at radius 3 is 0.776 bits per heavy atom. The molecule has 0 aromatic carbocycles. The van der Waals surface area contributed by atoms with Gasteiger partial charge in [-0.3, -0.25) is 9.59 Å². The third kappa shape index (κ3) is 26.6. The number of thiophene rings is 2. The molecule has 4 nitrogen and oxygen atoms in total. The molecule has 2 aromatic heterocycles. The standard InChI is InChI=1S/C68H114Br2N2O2S2/c1-5-9-13-17-21-25-27-31-35-39-47-57(45-37-33-29-23-19-15-11-7-3)49-41-43-55-71-65(59-51-53-61(69)75-59)63-64(67(71)73)66(60-52-54-62(70)76-60)72(68(63)74)56-44-42-50-58(46-38-34-30-24-20-16-12-8-4)48-40-36-32-28-26-22-18-14-10-6-2/h51-54,57-58H,5-50,55-56H2,1-4H3. The van der Waals surface area contributed by atoms with Gasteiger partial charge in [0.15, 0.2) is 0 Å². The van der Waals surface area contributed by atoms with E-state index >= 15 is 9.59 Å². The lowest BCUT2D eigenvalue weighted by Gasteiger charge is -2.25. The second kappa shape index (κ2) is 43.5. The first-order valence-corrected chi connectivity index (χ1v) is 36.2. The maximum Gasteiger partial charge on any atom is 0.261 e. The van der Waals surface area contributed by atoms with E-state index in [0.717, 1.165) is 66.2 Å². The fraction of sp³-hybridized carbons (Fsp3) is 0.794. The molecule has 2 amide bonds. The minimum absolute atomic E-state index is 0.0210. The van der Waals surface area contributed by atoms with E-state index in [9.17, 15) is 0 Å². The highest BCUT2D eigenvalue weighted by Gasteiger charge is 2.49. The van der Waals surface area contributed by atoms with Crippen molar-refractivity contribution in [3.63, 3.8) is 0 Å². The van der Waals surface area contributed by atoms with E-state index in [4.69, 9.17) is 0 Å². The van der Waals surface area contributed by atoms with Crippen LogP contribution >= 0.6 is 54.5 Å². The maximum absolute atomic E-state index is 15.1. The lowest BCUT2D eigenvalue weighted by Crippen LogP contribution is -2.30. The zero-order valence-corrected chi connectivity index (χ0v) is 54.5. The van der Waals surface area contributed by atoms with Crippen molar-refractivity contribution in [1.29, 1.82) is 0 Å². The predicted molar refractivity (Wildman–Crippen MR) is 343 cm³/mol. The topological polar surface area (TPSA) is 40.6 Å². The molecule has 76 heavy (non-hydrogen) atoms. The van der Waals surface area contributed by atoms with E-state index < -0.39 is 0 Å². The molecular weight excluding hydrogens is 1100 g/mol. The molecule has 0 radical (unpaired) electrons. The normalized spacial score (nSPS) is 14.7. The largest absolute Gasteiger partial charge is 0.306 e. The van der Waals surface area contributed by atoms with E-state index in [-0.39, 0.29) is 11.8 Å². The molecule has 0 saturated heterocycles. The van der Waals surface area contributed by atoms with Crippen molar-refractivity contribution >= 4 is 77.7 Å². The number of rotatable bonds is 52. The molecule has 2 aliphatic heterocycles. The highest BCUT2D eigenvalue weighted by molar-refractivity contribution is 9.11. The molecule has 0 saturated carbocycles. The summed E-state index contributed by atoms with van der Waals surface area (Å²) in [6.45, 7) is 10.6. The summed E-state index contributed by atoms with van der Waals surface area (Å²) in [6, 6.07) is 8.39. The third-order valence-corrected chi connectivity index (χ3v) is 20.4. The Bertz CT molecular complexity index is 1730. The highest BCUT2D eigenvalue weighted by Crippen LogP contribution is 2.49. The lowest BCUT2D eigenvalue weighted by molar-refractivity contribution is -0.124. The first-order valence-electron chi connectivity index (χ1n) is 33.0. The second-order valence-electron chi connectivity index (χ2n) is 23.8. The Morgan fingerprint density at radius 1 is 0.329 bits per heavy atom. The molecule has 2 aliphatic rings. The first kappa shape index (κ1) is 67.3. The molecule has 2 atom stereocenters. The minimum Gasteiger partial charge on any atom is -0.306 e. The smallest absolute Gasteiger partial charge is 0.261 e. The zero-order valence-electron chi connectivity index (χ0n) is 49.7. The van der Waals surface area contributed by atoms with E-state index in [1.54, 1.807) is 22.7 Å². The number of hydrogen-bond donors (Lipinski definition) is 0. The zero-order chi connectivity index (χ0) is 54.3. The molecule has 0 bridgehead atoms. The van der Waals surface area contributed by atoms with Crippen LogP contribution < -0.4 is 0 Å². The SMILES string of the molecule is CCCCCCCCCCCCC(CCCCCCCCCC)CCCCN1C(=O)C2=C(c3ccc(Br)s3)N(CCCCC(CCCCCCCCCC)CCCCCCCCCCCC)C(=O)C2=C1c1ccc(Br)s1. The summed E-state index contributed by atoms with van der Waals surface area (Å²) in [5, 5.41) is 0. The average molecular weight is 1220 g/mol. The van der Waals surface area contributed by atoms with Crippen LogP contribution in [0.5, 0.6) is 0 Å². The van der Waals surface area contributed by atoms with Gasteiger partial charge in [-0.25, -0.2) is 0 Å². The van der Waals surface area contributed by atoms with Gasteiger partial charge in [0, 0.05) is 13.1 Å². The molecule has 2 aromatic rings. The van der Waals surface area contributed by atoms with Gasteiger partial charge >= 0.3 is 0 Å². The second-order valence-corrected chi connectivity index (χ2v) is 28.7. The van der Waals surface area contributed by atoms with Crippen LogP contribution in [0.4, 0.5) is 0 Å². The Kier molecular flexibility index (Phi) is 38.5. The number of hydrogen-bond acceptors (Lipinski definition) is 4. The minimum atomic E-state index is 0.0210. The van der Waals surface area contributed by atoms with Gasteiger partial charge in [0.25, 0.3) is 11.8 Å². The Hall–Kier alpha value is -1.22. The molecule has 0 N–H and O–H groups in total. The van der Waals surface area contributed by atoms with Crippen LogP contribution in [-0.4, -0.2) is 34.7 Å². The van der Waals surface area contributed by atoms with E-state index in [1.807, 2.05) is 9.80 Å². The molecular formula is C68H114Br2N2O2S2. The Morgan fingerprint density at radius 2 is 0.553 bits per heavy atom. The van der Waals surface area contributed by atoms with Crippen molar-refractivity contribution in [3.8, 4) is 0 Å². The van der Waals surface area contributed by atoms with E-state index in [1.165, 1.54) is 270 Å². The maximum atomic E-state index is 15.1. The van der Waals surface area contributed by atoms with Gasteiger partial charge in [-0.2, -0.15) is 0 Å². The number of carbonyl (C=O) groups excluding carboxylic acids is 2. The summed E-state index contributed by atoms with van der Waals surface area (Å²) in [5.41, 5.74) is 2.97. The predicted octanol–water partition coefficient (Wildman–Crippen LogP) is 24.4. The van der Waals surface area contributed by atoms with Gasteiger partial charge in [-0.1, -0.05) is 310 Å². The van der Waals surface area contributed by atoms with Crippen molar-refractivity contribution in [2.75, 3.05) is 13.1 Å². The summed E-state index contributed by atoms with van der Waals surface area (Å²) in [5.74, 6) is 1.59. The average Bonchev–Trinajstić information content (AvgIpc) is 4.20. The van der Waals surface area contributed by atoms with Crippen LogP contribution in [0.1, 0.15) is 333 Å². The van der Waals surface area contributed by atoms with Crippen LogP contribution in [-0.2, 0) is 9.59 Å². The number of fused-ring (bicyclic) bond motifs is 1. The monoisotopic (exact) mass is 1210 g/mol. The third-order valence-electron chi connectivity index (χ3n) is 17.1. The Balaban J connectivity index is 1.39. The van der Waals surface area contributed by atoms with Crippen molar-refractivity contribution in [2.24, 2.45) is 11.8 Å². The molecule has 0 fully saturated rings. The Labute approximate surface area is 494 Å². The van der Waals surface area contributed by atoms with Gasteiger partial charge in [-0.05, 0) is 80.8 Å². The molecule has 0 aliphatic carbocycles. The molecule has 434 valence electrons. The quantitative estimate of drug-likeness (QED) is 0.0620. The lowest BCUT2D eigenvalue weighted by atomic mass is 9.89. The van der Waals surface area contributed by atoms with Gasteiger partial charge in [0.1, 0.15) is 0 Å². The number of carbonyl (C=O) groups is 2. The van der Waals surface area contributed by atoms with Gasteiger partial charge in [0.05, 0.1) is 39.9 Å². The summed E-state index contributed by atoms with van der Waals surface area (Å²) < 4.78 is 2.06. The fourth-order valence-electron chi connectivity index (χ4n) is 12.5. The molecule has 2 unspecified atom stereocenters. The molecule has 4 heterocycles. The van der Waals surface area contributed by atoms with Crippen molar-refractivity contribution in [3.05, 3.63) is 52.7 Å². The van der Waals surface area contributed by atoms with E-state index in [2.05, 4.69) is 83.8 Å². The first-order chi connectivity index (χ1) is 37.3. The summed E-state index contributed by atoms with van der Waals surface area (Å²) >= 11 is 10.8. The number of halogens is 2. The summed E-state index contributed by atoms with van der Waals surface area (Å²) in [7, 11) is 0. The van der Waals surface area contributed by atoms with Crippen LogP contribution in [0, 0.1) is 11.8 Å². The highest BCUT2D eigenvalue weighted by atomic mass is 79.9. The van der Waals surface area contributed by atoms with Crippen molar-refractivity contribution in [2.45, 2.75) is 323 Å². The molecule has 0 spiro atoms. The van der Waals surface area contributed by atoms with Crippen molar-refractivity contribution < 1.29 is 9.59 Å². The van der Waals surface area contributed by atoms with Crippen LogP contribution in [0.2, 0.25) is 0 Å². The van der Waals surface area contributed by atoms with Gasteiger partial charge in [0.2, 0.25) is 0 Å². The van der Waals surface area contributed by atoms with Gasteiger partial charge < -0.3 is 9.80 Å². The number of unbranched alkanes of at least 4 members (excludes halogenated alkanes) is 34. The molecule has 4 rings (SSSR count). The van der Waals surface area contributed by atoms with Crippen LogP contribution in [0.25, 0.3) is 11.4 Å². The van der Waals surface area contributed by atoms with Crippen molar-refractivity contribution in [1.82, 2.24) is 9.80 Å². The van der Waals surface area contributed by atoms with Crippen LogP contribution in [0.15, 0.2) is 43.0 Å². The number of amides is 2. The van der Waals surface area contributed by atoms with E-state index in [0.29, 0.717) is 24.2 Å². The van der Waals surface area contributed by atoms with Gasteiger partial charge in [-0.15, -0.1) is 22.7 Å². The van der Waals surface area contributed by atoms with Crippen LogP contribution in [0.3, 0.4) is 0 Å². The number of nitrogens with zero attached hydrogens (tertiary/aromatic N) is 2. The summed E-state index contributed by atoms with van der Waals surface area (Å²) in [4.78, 5) is 36.2.